The number of H-pyrrole nitrogens is 1. The van der Waals surface area contributed by atoms with Crippen molar-refractivity contribution in [2.75, 3.05) is 45.9 Å². The van der Waals surface area contributed by atoms with Crippen molar-refractivity contribution >= 4 is 6.09 Å². The zero-order chi connectivity index (χ0) is 20.2. The average Bonchev–Trinajstić information content (AvgIpc) is 3.29. The van der Waals surface area contributed by atoms with Gasteiger partial charge in [-0.2, -0.15) is 5.10 Å². The van der Waals surface area contributed by atoms with Crippen LogP contribution in [0.4, 0.5) is 4.79 Å². The van der Waals surface area contributed by atoms with Gasteiger partial charge < -0.3 is 14.4 Å². The number of carbonyl (C=O) groups is 1. The third kappa shape index (κ3) is 6.56. The molecule has 1 fully saturated rings. The molecule has 7 heteroatoms. The van der Waals surface area contributed by atoms with Crippen molar-refractivity contribution in [3.05, 3.63) is 36.5 Å². The highest BCUT2D eigenvalue weighted by molar-refractivity contribution is 5.67. The molecule has 0 saturated carbocycles. The van der Waals surface area contributed by atoms with Crippen LogP contribution in [0, 0.1) is 0 Å². The lowest BCUT2D eigenvalue weighted by molar-refractivity contribution is 0.0782. The number of ether oxygens (including phenoxy) is 2. The van der Waals surface area contributed by atoms with E-state index in [2.05, 4.69) is 15.1 Å². The standard InChI is InChI=1S/C19H26N4O3.C2H6/c1-2-25-19(24)23-13-11-22(12-14-23)10-3-15-26-17-6-4-16(5-7-17)18-8-9-20-21-18;1-2/h4-9H,2-3,10-15H2,1H3,(H,20,21);1-2H3. The Morgan fingerprint density at radius 2 is 1.82 bits per heavy atom. The fraction of sp³-hybridized carbons (Fsp3) is 0.524. The summed E-state index contributed by atoms with van der Waals surface area (Å²) in [6.45, 7) is 11.2. The van der Waals surface area contributed by atoms with E-state index in [0.717, 1.165) is 56.2 Å². The summed E-state index contributed by atoms with van der Waals surface area (Å²) in [4.78, 5) is 15.8. The van der Waals surface area contributed by atoms with E-state index in [1.807, 2.05) is 51.1 Å². The maximum Gasteiger partial charge on any atom is 0.409 e. The van der Waals surface area contributed by atoms with E-state index in [4.69, 9.17) is 9.47 Å². The molecule has 0 bridgehead atoms. The molecule has 154 valence electrons. The third-order valence-corrected chi connectivity index (χ3v) is 4.45. The highest BCUT2D eigenvalue weighted by atomic mass is 16.6. The first-order valence-corrected chi connectivity index (χ1v) is 10.1. The maximum absolute atomic E-state index is 11.7. The zero-order valence-corrected chi connectivity index (χ0v) is 17.2. The average molecular weight is 389 g/mol. The second-order valence-corrected chi connectivity index (χ2v) is 6.22. The number of rotatable bonds is 7. The molecule has 1 N–H and O–H groups in total. The van der Waals surface area contributed by atoms with Gasteiger partial charge in [-0.15, -0.1) is 0 Å². The van der Waals surface area contributed by atoms with Gasteiger partial charge in [-0.25, -0.2) is 4.79 Å². The summed E-state index contributed by atoms with van der Waals surface area (Å²) >= 11 is 0. The van der Waals surface area contributed by atoms with Crippen LogP contribution in [0.15, 0.2) is 36.5 Å². The fourth-order valence-electron chi connectivity index (χ4n) is 2.99. The van der Waals surface area contributed by atoms with Gasteiger partial charge in [0.15, 0.2) is 0 Å². The van der Waals surface area contributed by atoms with Crippen LogP contribution in [-0.4, -0.2) is 72.0 Å². The molecule has 7 nitrogen and oxygen atoms in total. The van der Waals surface area contributed by atoms with Crippen LogP contribution in [-0.2, 0) is 4.74 Å². The Kier molecular flexibility index (Phi) is 9.34. The Morgan fingerprint density at radius 3 is 2.43 bits per heavy atom. The molecule has 0 aliphatic carbocycles. The molecule has 28 heavy (non-hydrogen) atoms. The van der Waals surface area contributed by atoms with Crippen molar-refractivity contribution in [2.24, 2.45) is 0 Å². The number of amides is 1. The van der Waals surface area contributed by atoms with Crippen molar-refractivity contribution in [3.63, 3.8) is 0 Å². The van der Waals surface area contributed by atoms with Crippen LogP contribution in [0.3, 0.4) is 0 Å². The molecule has 0 spiro atoms. The third-order valence-electron chi connectivity index (χ3n) is 4.45. The minimum Gasteiger partial charge on any atom is -0.494 e. The van der Waals surface area contributed by atoms with Crippen molar-refractivity contribution in [1.82, 2.24) is 20.0 Å². The number of hydrogen-bond donors (Lipinski definition) is 1. The molecule has 1 aromatic heterocycles. The van der Waals surface area contributed by atoms with E-state index < -0.39 is 0 Å². The predicted octanol–water partition coefficient (Wildman–Crippen LogP) is 3.65. The summed E-state index contributed by atoms with van der Waals surface area (Å²) < 4.78 is 10.9. The second kappa shape index (κ2) is 12.0. The number of hydrogen-bond acceptors (Lipinski definition) is 5. The van der Waals surface area contributed by atoms with E-state index >= 15 is 0 Å². The van der Waals surface area contributed by atoms with Gasteiger partial charge in [0.2, 0.25) is 0 Å². The first kappa shape index (κ1) is 21.8. The first-order chi connectivity index (χ1) is 13.8. The largest absolute Gasteiger partial charge is 0.494 e. The Hall–Kier alpha value is -2.54. The summed E-state index contributed by atoms with van der Waals surface area (Å²) in [7, 11) is 0. The number of nitrogens with one attached hydrogen (secondary N) is 1. The van der Waals surface area contributed by atoms with Crippen LogP contribution in [0.25, 0.3) is 11.3 Å². The lowest BCUT2D eigenvalue weighted by Gasteiger charge is -2.33. The maximum atomic E-state index is 11.7. The second-order valence-electron chi connectivity index (χ2n) is 6.22. The lowest BCUT2D eigenvalue weighted by Crippen LogP contribution is -2.49. The summed E-state index contributed by atoms with van der Waals surface area (Å²) in [5, 5.41) is 6.91. The predicted molar refractivity (Wildman–Crippen MR) is 111 cm³/mol. The van der Waals surface area contributed by atoms with Gasteiger partial charge in [0.1, 0.15) is 5.75 Å². The Balaban J connectivity index is 0.00000136. The van der Waals surface area contributed by atoms with Gasteiger partial charge >= 0.3 is 6.09 Å². The molecule has 1 aliphatic heterocycles. The normalized spacial score (nSPS) is 14.2. The number of nitrogens with zero attached hydrogens (tertiary/aromatic N) is 3. The van der Waals surface area contributed by atoms with Crippen molar-refractivity contribution in [3.8, 4) is 17.0 Å². The first-order valence-electron chi connectivity index (χ1n) is 10.1. The van der Waals surface area contributed by atoms with Crippen molar-refractivity contribution < 1.29 is 14.3 Å². The highest BCUT2D eigenvalue weighted by Gasteiger charge is 2.21. The van der Waals surface area contributed by atoms with Crippen molar-refractivity contribution in [2.45, 2.75) is 27.2 Å². The van der Waals surface area contributed by atoms with E-state index in [1.165, 1.54) is 0 Å². The molecule has 3 rings (SSSR count). The monoisotopic (exact) mass is 388 g/mol. The minimum absolute atomic E-state index is 0.200. The smallest absolute Gasteiger partial charge is 0.409 e. The number of piperazine rings is 1. The van der Waals surface area contributed by atoms with E-state index in [-0.39, 0.29) is 6.09 Å². The number of aromatic amines is 1. The Bertz CT molecular complexity index is 665. The fourth-order valence-corrected chi connectivity index (χ4v) is 2.99. The molecule has 1 aromatic carbocycles. The van der Waals surface area contributed by atoms with Crippen LogP contribution in [0.1, 0.15) is 27.2 Å². The number of benzene rings is 1. The molecular weight excluding hydrogens is 356 g/mol. The van der Waals surface area contributed by atoms with Gasteiger partial charge in [0, 0.05) is 38.9 Å². The van der Waals surface area contributed by atoms with E-state index in [0.29, 0.717) is 13.2 Å². The molecule has 0 atom stereocenters. The number of carbonyl (C=O) groups excluding carboxylic acids is 1. The molecule has 0 unspecified atom stereocenters. The molecular formula is C21H32N4O3. The summed E-state index contributed by atoms with van der Waals surface area (Å²) in [6, 6.07) is 9.95. The summed E-state index contributed by atoms with van der Waals surface area (Å²) in [6.07, 6.45) is 2.50. The van der Waals surface area contributed by atoms with Crippen LogP contribution >= 0.6 is 0 Å². The molecule has 1 saturated heterocycles. The quantitative estimate of drug-likeness (QED) is 0.733. The molecule has 1 aliphatic rings. The molecule has 0 radical (unpaired) electrons. The Labute approximate surface area is 167 Å². The summed E-state index contributed by atoms with van der Waals surface area (Å²) in [5.41, 5.74) is 2.09. The molecule has 2 heterocycles. The Morgan fingerprint density at radius 1 is 1.11 bits per heavy atom. The van der Waals surface area contributed by atoms with Gasteiger partial charge in [0.05, 0.1) is 18.9 Å². The number of aromatic nitrogens is 2. The van der Waals surface area contributed by atoms with Crippen LogP contribution in [0.2, 0.25) is 0 Å². The SMILES string of the molecule is CC.CCOC(=O)N1CCN(CCCOc2ccc(-c3ccn[nH]3)cc2)CC1. The van der Waals surface area contributed by atoms with E-state index in [9.17, 15) is 4.79 Å². The molecule has 1 amide bonds. The molecule has 2 aromatic rings. The zero-order valence-electron chi connectivity index (χ0n) is 17.2. The van der Waals surface area contributed by atoms with Crippen LogP contribution < -0.4 is 4.74 Å². The van der Waals surface area contributed by atoms with Crippen molar-refractivity contribution in [1.29, 1.82) is 0 Å². The van der Waals surface area contributed by atoms with Crippen LogP contribution in [0.5, 0.6) is 5.75 Å². The van der Waals surface area contributed by atoms with Gasteiger partial charge in [0.25, 0.3) is 0 Å². The van der Waals surface area contributed by atoms with E-state index in [1.54, 1.807) is 11.1 Å². The summed E-state index contributed by atoms with van der Waals surface area (Å²) in [5.74, 6) is 0.875. The van der Waals surface area contributed by atoms with Gasteiger partial charge in [-0.05, 0) is 49.2 Å². The lowest BCUT2D eigenvalue weighted by atomic mass is 10.1. The minimum atomic E-state index is -0.200. The van der Waals surface area contributed by atoms with Gasteiger partial charge in [-0.1, -0.05) is 13.8 Å². The van der Waals surface area contributed by atoms with Gasteiger partial charge in [-0.3, -0.25) is 10.00 Å². The topological polar surface area (TPSA) is 70.7 Å². The highest BCUT2D eigenvalue weighted by Crippen LogP contribution is 2.20.